The second-order valence-electron chi connectivity index (χ2n) is 4.29. The molecule has 0 radical (unpaired) electrons. The maximum Gasteiger partial charge on any atom is 0.178 e. The predicted octanol–water partition coefficient (Wildman–Crippen LogP) is 3.24. The van der Waals surface area contributed by atoms with E-state index in [1.54, 1.807) is 20.3 Å². The number of hydrogen-bond donors (Lipinski definition) is 1. The highest BCUT2D eigenvalue weighted by molar-refractivity contribution is 7.71. The summed E-state index contributed by atoms with van der Waals surface area (Å²) in [6, 6.07) is 4.63. The van der Waals surface area contributed by atoms with Crippen LogP contribution in [0.15, 0.2) is 18.2 Å². The SMILES string of the molecule is COC(CCCn1c(=S)[nH]c2cc(F)ccc21)OC. The highest BCUT2D eigenvalue weighted by Crippen LogP contribution is 2.16. The summed E-state index contributed by atoms with van der Waals surface area (Å²) in [5, 5.41) is 0. The zero-order valence-corrected chi connectivity index (χ0v) is 11.8. The van der Waals surface area contributed by atoms with Gasteiger partial charge in [-0.3, -0.25) is 0 Å². The van der Waals surface area contributed by atoms with E-state index in [1.807, 2.05) is 4.57 Å². The number of halogens is 1. The Labute approximate surface area is 116 Å². The molecule has 0 aliphatic carbocycles. The van der Waals surface area contributed by atoms with Gasteiger partial charge in [0.1, 0.15) is 5.82 Å². The second-order valence-corrected chi connectivity index (χ2v) is 4.67. The first-order valence-corrected chi connectivity index (χ1v) is 6.50. The number of nitrogens with zero attached hydrogens (tertiary/aromatic N) is 1. The van der Waals surface area contributed by atoms with Crippen LogP contribution in [0.5, 0.6) is 0 Å². The maximum absolute atomic E-state index is 13.1. The normalized spacial score (nSPS) is 11.6. The topological polar surface area (TPSA) is 39.2 Å². The van der Waals surface area contributed by atoms with Crippen molar-refractivity contribution in [2.75, 3.05) is 14.2 Å². The van der Waals surface area contributed by atoms with Gasteiger partial charge in [-0.15, -0.1) is 0 Å². The number of rotatable bonds is 6. The molecule has 0 fully saturated rings. The minimum atomic E-state index is -0.269. The number of benzene rings is 1. The lowest BCUT2D eigenvalue weighted by molar-refractivity contribution is -0.107. The van der Waals surface area contributed by atoms with E-state index < -0.39 is 0 Å². The number of hydrogen-bond acceptors (Lipinski definition) is 3. The first-order valence-electron chi connectivity index (χ1n) is 6.09. The van der Waals surface area contributed by atoms with Crippen molar-refractivity contribution in [1.82, 2.24) is 9.55 Å². The van der Waals surface area contributed by atoms with Crippen molar-refractivity contribution in [2.45, 2.75) is 25.7 Å². The molecule has 0 saturated heterocycles. The van der Waals surface area contributed by atoms with E-state index in [-0.39, 0.29) is 12.1 Å². The molecule has 0 aliphatic heterocycles. The highest BCUT2D eigenvalue weighted by Gasteiger charge is 2.08. The molecule has 1 aromatic heterocycles. The number of aromatic nitrogens is 2. The molecule has 19 heavy (non-hydrogen) atoms. The third kappa shape index (κ3) is 3.20. The van der Waals surface area contributed by atoms with Gasteiger partial charge in [0.25, 0.3) is 0 Å². The number of methoxy groups -OCH3 is 2. The molecule has 0 unspecified atom stereocenters. The van der Waals surface area contributed by atoms with E-state index in [0.29, 0.717) is 4.77 Å². The van der Waals surface area contributed by atoms with Crippen LogP contribution in [0.3, 0.4) is 0 Å². The van der Waals surface area contributed by atoms with E-state index in [1.165, 1.54) is 12.1 Å². The average molecular weight is 284 g/mol. The number of imidazole rings is 1. The third-order valence-corrected chi connectivity index (χ3v) is 3.41. The summed E-state index contributed by atoms with van der Waals surface area (Å²) in [4.78, 5) is 3.01. The van der Waals surface area contributed by atoms with E-state index in [4.69, 9.17) is 21.7 Å². The summed E-state index contributed by atoms with van der Waals surface area (Å²) in [6.45, 7) is 0.744. The Bertz CT molecular complexity index is 604. The Hall–Kier alpha value is -1.24. The molecule has 6 heteroatoms. The Morgan fingerprint density at radius 2 is 2.11 bits per heavy atom. The molecule has 0 bridgehead atoms. The number of H-pyrrole nitrogens is 1. The molecule has 2 rings (SSSR count). The highest BCUT2D eigenvalue weighted by atomic mass is 32.1. The van der Waals surface area contributed by atoms with E-state index in [0.717, 1.165) is 30.4 Å². The standard InChI is InChI=1S/C13H17FN2O2S/c1-17-12(18-2)4-3-7-16-11-6-5-9(14)8-10(11)15-13(16)19/h5-6,8,12H,3-4,7H2,1-2H3,(H,15,19). The van der Waals surface area contributed by atoms with Gasteiger partial charge in [0.05, 0.1) is 11.0 Å². The monoisotopic (exact) mass is 284 g/mol. The van der Waals surface area contributed by atoms with Crippen molar-refractivity contribution < 1.29 is 13.9 Å². The van der Waals surface area contributed by atoms with Crippen LogP contribution in [0, 0.1) is 10.6 Å². The minimum Gasteiger partial charge on any atom is -0.356 e. The predicted molar refractivity (Wildman–Crippen MR) is 74.1 cm³/mol. The van der Waals surface area contributed by atoms with Crippen LogP contribution in [0.25, 0.3) is 11.0 Å². The van der Waals surface area contributed by atoms with Crippen molar-refractivity contribution in [3.05, 3.63) is 28.8 Å². The Kier molecular flexibility index (Phi) is 4.68. The average Bonchev–Trinajstić information content (AvgIpc) is 2.70. The molecule has 2 aromatic rings. The molecule has 104 valence electrons. The molecule has 0 aliphatic rings. The van der Waals surface area contributed by atoms with Gasteiger partial charge >= 0.3 is 0 Å². The molecule has 0 amide bonds. The fraction of sp³-hybridized carbons (Fsp3) is 0.462. The lowest BCUT2D eigenvalue weighted by Crippen LogP contribution is -2.13. The first kappa shape index (κ1) is 14.2. The zero-order valence-electron chi connectivity index (χ0n) is 11.0. The lowest BCUT2D eigenvalue weighted by atomic mass is 10.2. The third-order valence-electron chi connectivity index (χ3n) is 3.08. The van der Waals surface area contributed by atoms with E-state index in [9.17, 15) is 4.39 Å². The molecule has 0 saturated carbocycles. The van der Waals surface area contributed by atoms with Crippen molar-refractivity contribution in [1.29, 1.82) is 0 Å². The molecule has 1 N–H and O–H groups in total. The minimum absolute atomic E-state index is 0.197. The summed E-state index contributed by atoms with van der Waals surface area (Å²) in [5.74, 6) is -0.269. The van der Waals surface area contributed by atoms with Gasteiger partial charge in [0.2, 0.25) is 0 Å². The van der Waals surface area contributed by atoms with Gasteiger partial charge in [-0.2, -0.15) is 0 Å². The Morgan fingerprint density at radius 1 is 1.37 bits per heavy atom. The van der Waals surface area contributed by atoms with Gasteiger partial charge in [0, 0.05) is 27.2 Å². The van der Waals surface area contributed by atoms with Crippen LogP contribution in [0.1, 0.15) is 12.8 Å². The fourth-order valence-electron chi connectivity index (χ4n) is 2.11. The lowest BCUT2D eigenvalue weighted by Gasteiger charge is -2.13. The van der Waals surface area contributed by atoms with Crippen molar-refractivity contribution in [2.24, 2.45) is 0 Å². The van der Waals surface area contributed by atoms with Gasteiger partial charge in [-0.25, -0.2) is 4.39 Å². The van der Waals surface area contributed by atoms with Crippen LogP contribution in [0.2, 0.25) is 0 Å². The molecule has 1 aromatic carbocycles. The summed E-state index contributed by atoms with van der Waals surface area (Å²) in [7, 11) is 3.24. The summed E-state index contributed by atoms with van der Waals surface area (Å²) in [6.07, 6.45) is 1.45. The quantitative estimate of drug-likeness (QED) is 0.654. The molecule has 0 atom stereocenters. The smallest absolute Gasteiger partial charge is 0.178 e. The summed E-state index contributed by atoms with van der Waals surface area (Å²) < 4.78 is 26.0. The number of nitrogens with one attached hydrogen (secondary N) is 1. The zero-order chi connectivity index (χ0) is 13.8. The Balaban J connectivity index is 2.12. The van der Waals surface area contributed by atoms with Crippen LogP contribution >= 0.6 is 12.2 Å². The first-order chi connectivity index (χ1) is 9.15. The molecule has 0 spiro atoms. The van der Waals surface area contributed by atoms with Gasteiger partial charge in [-0.05, 0) is 36.8 Å². The summed E-state index contributed by atoms with van der Waals surface area (Å²) >= 11 is 5.25. The molecule has 1 heterocycles. The molecular weight excluding hydrogens is 267 g/mol. The number of aromatic amines is 1. The Morgan fingerprint density at radius 3 is 2.79 bits per heavy atom. The maximum atomic E-state index is 13.1. The van der Waals surface area contributed by atoms with E-state index in [2.05, 4.69) is 4.98 Å². The van der Waals surface area contributed by atoms with Crippen molar-refractivity contribution in [3.8, 4) is 0 Å². The van der Waals surface area contributed by atoms with Gasteiger partial charge in [-0.1, -0.05) is 0 Å². The van der Waals surface area contributed by atoms with Crippen molar-refractivity contribution in [3.63, 3.8) is 0 Å². The number of ether oxygens (including phenoxy) is 2. The van der Waals surface area contributed by atoms with E-state index >= 15 is 0 Å². The van der Waals surface area contributed by atoms with Gasteiger partial charge < -0.3 is 19.0 Å². The fourth-order valence-corrected chi connectivity index (χ4v) is 2.41. The second kappa shape index (κ2) is 6.27. The van der Waals surface area contributed by atoms with Crippen molar-refractivity contribution >= 4 is 23.3 Å². The molecule has 4 nitrogen and oxygen atoms in total. The van der Waals surface area contributed by atoms with Gasteiger partial charge in [0.15, 0.2) is 11.1 Å². The summed E-state index contributed by atoms with van der Waals surface area (Å²) in [5.41, 5.74) is 1.64. The van der Waals surface area contributed by atoms with Crippen LogP contribution in [0.4, 0.5) is 4.39 Å². The number of fused-ring (bicyclic) bond motifs is 1. The van der Waals surface area contributed by atoms with Crippen LogP contribution in [-0.4, -0.2) is 30.1 Å². The van der Waals surface area contributed by atoms with Crippen LogP contribution < -0.4 is 0 Å². The molecular formula is C13H17FN2O2S. The largest absolute Gasteiger partial charge is 0.356 e. The van der Waals surface area contributed by atoms with Crippen LogP contribution in [-0.2, 0) is 16.0 Å². The number of aryl methyl sites for hydroxylation is 1.